The van der Waals surface area contributed by atoms with Gasteiger partial charge in [-0.25, -0.2) is 0 Å². The quantitative estimate of drug-likeness (QED) is 0.782. The first-order valence-electron chi connectivity index (χ1n) is 4.87. The highest BCUT2D eigenvalue weighted by molar-refractivity contribution is 5.82. The number of nitrogens with zero attached hydrogens (tertiary/aromatic N) is 1. The van der Waals surface area contributed by atoms with E-state index in [0.29, 0.717) is 6.04 Å². The number of nitrogens with one attached hydrogen (secondary N) is 1. The summed E-state index contributed by atoms with van der Waals surface area (Å²) >= 11 is 0. The molecule has 0 fully saturated rings. The van der Waals surface area contributed by atoms with E-state index in [0.717, 1.165) is 11.2 Å². The van der Waals surface area contributed by atoms with Gasteiger partial charge in [-0.15, -0.1) is 0 Å². The largest absolute Gasteiger partial charge is 0.383 e. The summed E-state index contributed by atoms with van der Waals surface area (Å²) in [5.74, 6) is 0. The second kappa shape index (κ2) is 3.66. The molecule has 2 aromatic rings. The maximum Gasteiger partial charge on any atom is 0.0703 e. The summed E-state index contributed by atoms with van der Waals surface area (Å²) in [4.78, 5) is 4.27. The second-order valence-corrected chi connectivity index (χ2v) is 3.71. The van der Waals surface area contributed by atoms with Crippen molar-refractivity contribution in [3.8, 4) is 0 Å². The number of rotatable bonds is 2. The van der Waals surface area contributed by atoms with Crippen molar-refractivity contribution in [3.05, 3.63) is 36.5 Å². The molecule has 2 rings (SSSR count). The van der Waals surface area contributed by atoms with Crippen molar-refractivity contribution in [2.45, 2.75) is 19.9 Å². The van der Waals surface area contributed by atoms with Crippen LogP contribution in [0.3, 0.4) is 0 Å². The SMILES string of the molecule is CC(C)Nc1ccc2ncccc2c1.[HH]. The van der Waals surface area contributed by atoms with Gasteiger partial charge in [-0.3, -0.25) is 4.98 Å². The molecule has 0 saturated heterocycles. The van der Waals surface area contributed by atoms with Gasteiger partial charge in [-0.05, 0) is 38.1 Å². The lowest BCUT2D eigenvalue weighted by atomic mass is 10.2. The molecule has 1 N–H and O–H groups in total. The fourth-order valence-electron chi connectivity index (χ4n) is 1.50. The fourth-order valence-corrected chi connectivity index (χ4v) is 1.50. The van der Waals surface area contributed by atoms with E-state index in [1.54, 1.807) is 0 Å². The molecule has 0 aliphatic rings. The third kappa shape index (κ3) is 1.84. The van der Waals surface area contributed by atoms with Crippen molar-refractivity contribution in [1.29, 1.82) is 0 Å². The summed E-state index contributed by atoms with van der Waals surface area (Å²) in [5.41, 5.74) is 2.20. The third-order valence-corrected chi connectivity index (χ3v) is 2.06. The Balaban J connectivity index is 0.00000112. The molecule has 0 atom stereocenters. The third-order valence-electron chi connectivity index (χ3n) is 2.06. The molecular weight excluding hydrogens is 172 g/mol. The van der Waals surface area contributed by atoms with E-state index in [-0.39, 0.29) is 1.43 Å². The summed E-state index contributed by atoms with van der Waals surface area (Å²) in [6.07, 6.45) is 1.82. The Bertz CT molecular complexity index is 440. The van der Waals surface area contributed by atoms with Gasteiger partial charge in [0.2, 0.25) is 0 Å². The van der Waals surface area contributed by atoms with Gasteiger partial charge >= 0.3 is 0 Å². The van der Waals surface area contributed by atoms with Gasteiger partial charge in [0, 0.05) is 24.7 Å². The molecule has 14 heavy (non-hydrogen) atoms. The zero-order valence-electron chi connectivity index (χ0n) is 8.49. The zero-order valence-corrected chi connectivity index (χ0v) is 8.49. The predicted octanol–water partition coefficient (Wildman–Crippen LogP) is 3.30. The Hall–Kier alpha value is -1.57. The van der Waals surface area contributed by atoms with Gasteiger partial charge in [0.1, 0.15) is 0 Å². The van der Waals surface area contributed by atoms with Gasteiger partial charge in [-0.1, -0.05) is 6.07 Å². The number of aromatic nitrogens is 1. The summed E-state index contributed by atoms with van der Waals surface area (Å²) in [7, 11) is 0. The zero-order chi connectivity index (χ0) is 9.97. The van der Waals surface area contributed by atoms with E-state index in [1.807, 2.05) is 18.3 Å². The van der Waals surface area contributed by atoms with Gasteiger partial charge in [0.15, 0.2) is 0 Å². The molecule has 0 radical (unpaired) electrons. The highest BCUT2D eigenvalue weighted by Gasteiger charge is 1.97. The van der Waals surface area contributed by atoms with Crippen LogP contribution in [0.1, 0.15) is 15.3 Å². The number of hydrogen-bond acceptors (Lipinski definition) is 2. The van der Waals surface area contributed by atoms with Crippen LogP contribution in [0.15, 0.2) is 36.5 Å². The molecule has 1 aromatic carbocycles. The minimum Gasteiger partial charge on any atom is -0.383 e. The summed E-state index contributed by atoms with van der Waals surface area (Å²) < 4.78 is 0. The number of benzene rings is 1. The van der Waals surface area contributed by atoms with E-state index < -0.39 is 0 Å². The molecule has 0 unspecified atom stereocenters. The van der Waals surface area contributed by atoms with E-state index in [9.17, 15) is 0 Å². The van der Waals surface area contributed by atoms with Crippen LogP contribution in [0, 0.1) is 0 Å². The average molecular weight is 188 g/mol. The smallest absolute Gasteiger partial charge is 0.0703 e. The topological polar surface area (TPSA) is 24.9 Å². The Labute approximate surface area is 85.5 Å². The van der Waals surface area contributed by atoms with Crippen molar-refractivity contribution < 1.29 is 1.43 Å². The van der Waals surface area contributed by atoms with E-state index >= 15 is 0 Å². The van der Waals surface area contributed by atoms with Gasteiger partial charge < -0.3 is 5.32 Å². The van der Waals surface area contributed by atoms with Crippen molar-refractivity contribution >= 4 is 16.6 Å². The molecule has 0 aliphatic heterocycles. The molecule has 0 amide bonds. The van der Waals surface area contributed by atoms with E-state index in [1.165, 1.54) is 5.39 Å². The normalized spacial score (nSPS) is 10.8. The van der Waals surface area contributed by atoms with Gasteiger partial charge in [0.25, 0.3) is 0 Å². The molecule has 0 aliphatic carbocycles. The van der Waals surface area contributed by atoms with Crippen LogP contribution in [0.2, 0.25) is 0 Å². The number of pyridine rings is 1. The van der Waals surface area contributed by atoms with Crippen LogP contribution in [0.4, 0.5) is 5.69 Å². The lowest BCUT2D eigenvalue weighted by molar-refractivity contribution is 0.900. The molecule has 1 heterocycles. The van der Waals surface area contributed by atoms with Crippen molar-refractivity contribution in [2.24, 2.45) is 0 Å². The van der Waals surface area contributed by atoms with Crippen molar-refractivity contribution in [3.63, 3.8) is 0 Å². The predicted molar refractivity (Wildman–Crippen MR) is 62.6 cm³/mol. The van der Waals surface area contributed by atoms with Crippen LogP contribution in [-0.4, -0.2) is 11.0 Å². The Morgan fingerprint density at radius 1 is 1.29 bits per heavy atom. The number of fused-ring (bicyclic) bond motifs is 1. The minimum absolute atomic E-state index is 0. The first-order chi connectivity index (χ1) is 6.75. The van der Waals surface area contributed by atoms with Crippen molar-refractivity contribution in [2.75, 3.05) is 5.32 Å². The van der Waals surface area contributed by atoms with Gasteiger partial charge in [0.05, 0.1) is 5.52 Å². The van der Waals surface area contributed by atoms with Crippen LogP contribution in [0.25, 0.3) is 10.9 Å². The maximum absolute atomic E-state index is 4.27. The lowest BCUT2D eigenvalue weighted by Crippen LogP contribution is -2.09. The van der Waals surface area contributed by atoms with E-state index in [4.69, 9.17) is 0 Å². The minimum atomic E-state index is 0. The Morgan fingerprint density at radius 2 is 2.14 bits per heavy atom. The van der Waals surface area contributed by atoms with Crippen LogP contribution in [0.5, 0.6) is 0 Å². The molecule has 2 heteroatoms. The molecule has 0 spiro atoms. The summed E-state index contributed by atoms with van der Waals surface area (Å²) in [6, 6.07) is 10.7. The molecule has 0 bridgehead atoms. The fraction of sp³-hybridized carbons (Fsp3) is 0.250. The van der Waals surface area contributed by atoms with Crippen LogP contribution < -0.4 is 5.32 Å². The maximum atomic E-state index is 4.27. The van der Waals surface area contributed by atoms with E-state index in [2.05, 4.69) is 42.3 Å². The standard InChI is InChI=1S/C12H14N2.H2/c1-9(2)14-11-5-6-12-10(8-11)4-3-7-13-12;/h3-9,14H,1-2H3;1H. The molecule has 74 valence electrons. The number of hydrogen-bond donors (Lipinski definition) is 1. The Morgan fingerprint density at radius 3 is 2.93 bits per heavy atom. The van der Waals surface area contributed by atoms with Crippen LogP contribution in [-0.2, 0) is 0 Å². The number of anilines is 1. The van der Waals surface area contributed by atoms with Gasteiger partial charge in [-0.2, -0.15) is 0 Å². The summed E-state index contributed by atoms with van der Waals surface area (Å²) in [6.45, 7) is 4.26. The molecule has 2 nitrogen and oxygen atoms in total. The monoisotopic (exact) mass is 188 g/mol. The van der Waals surface area contributed by atoms with Crippen molar-refractivity contribution in [1.82, 2.24) is 4.98 Å². The molecule has 1 aromatic heterocycles. The first-order valence-corrected chi connectivity index (χ1v) is 4.87. The Kier molecular flexibility index (Phi) is 2.35. The van der Waals surface area contributed by atoms with Crippen LogP contribution >= 0.6 is 0 Å². The highest BCUT2D eigenvalue weighted by atomic mass is 14.9. The summed E-state index contributed by atoms with van der Waals surface area (Å²) in [5, 5.41) is 4.55. The average Bonchev–Trinajstić information content (AvgIpc) is 2.17. The first kappa shape index (κ1) is 9.00. The second-order valence-electron chi connectivity index (χ2n) is 3.71. The lowest BCUT2D eigenvalue weighted by Gasteiger charge is -2.10. The molecular formula is C12H16N2. The highest BCUT2D eigenvalue weighted by Crippen LogP contribution is 2.17. The molecule has 0 saturated carbocycles.